The molecule has 0 aromatic heterocycles. The molecule has 4 nitrogen and oxygen atoms in total. The number of rotatable bonds is 5. The third-order valence-electron chi connectivity index (χ3n) is 2.94. The van der Waals surface area contributed by atoms with E-state index in [1.54, 1.807) is 0 Å². The lowest BCUT2D eigenvalue weighted by Crippen LogP contribution is -2.26. The molecule has 2 rings (SSSR count). The quantitative estimate of drug-likeness (QED) is 0.416. The number of halogens is 4. The van der Waals surface area contributed by atoms with Gasteiger partial charge in [0.15, 0.2) is 0 Å². The van der Waals surface area contributed by atoms with Gasteiger partial charge in [-0.25, -0.2) is 5.43 Å². The van der Waals surface area contributed by atoms with Crippen LogP contribution in [0.3, 0.4) is 0 Å². The molecule has 2 aromatic carbocycles. The molecule has 24 heavy (non-hydrogen) atoms. The molecule has 0 spiro atoms. The molecule has 0 saturated carbocycles. The summed E-state index contributed by atoms with van der Waals surface area (Å²) in [5.74, 6) is -0.463. The van der Waals surface area contributed by atoms with Crippen LogP contribution in [0.2, 0.25) is 0 Å². The third kappa shape index (κ3) is 5.52. The SMILES string of the molecule is O=C(CNc1cccc(C(F)(F)F)c1)N/N=C\c1ccccc1I. The number of hydrogen-bond acceptors (Lipinski definition) is 3. The summed E-state index contributed by atoms with van der Waals surface area (Å²) < 4.78 is 38.8. The van der Waals surface area contributed by atoms with Gasteiger partial charge in [-0.05, 0) is 46.9 Å². The monoisotopic (exact) mass is 447 g/mol. The van der Waals surface area contributed by atoms with Crippen molar-refractivity contribution in [1.82, 2.24) is 5.43 Å². The first-order valence-corrected chi connectivity index (χ1v) is 7.92. The minimum atomic E-state index is -4.42. The maximum absolute atomic E-state index is 12.6. The summed E-state index contributed by atoms with van der Waals surface area (Å²) in [6.07, 6.45) is -2.92. The van der Waals surface area contributed by atoms with Crippen molar-refractivity contribution in [3.05, 3.63) is 63.2 Å². The van der Waals surface area contributed by atoms with Crippen LogP contribution in [-0.4, -0.2) is 18.7 Å². The lowest BCUT2D eigenvalue weighted by molar-refractivity contribution is -0.137. The van der Waals surface area contributed by atoms with E-state index in [0.29, 0.717) is 0 Å². The van der Waals surface area contributed by atoms with Crippen LogP contribution in [-0.2, 0) is 11.0 Å². The fourth-order valence-electron chi connectivity index (χ4n) is 1.78. The number of carbonyl (C=O) groups is 1. The van der Waals surface area contributed by atoms with Gasteiger partial charge in [-0.1, -0.05) is 24.3 Å². The van der Waals surface area contributed by atoms with Crippen LogP contribution in [0.5, 0.6) is 0 Å². The molecule has 2 aromatic rings. The average molecular weight is 447 g/mol. The molecule has 1 amide bonds. The number of hydrogen-bond donors (Lipinski definition) is 2. The van der Waals surface area contributed by atoms with E-state index in [1.165, 1.54) is 18.3 Å². The third-order valence-corrected chi connectivity index (χ3v) is 3.92. The normalized spacial score (nSPS) is 11.5. The number of carbonyl (C=O) groups excluding carboxylic acids is 1. The maximum atomic E-state index is 12.6. The van der Waals surface area contributed by atoms with Gasteiger partial charge in [-0.2, -0.15) is 18.3 Å². The van der Waals surface area contributed by atoms with E-state index < -0.39 is 17.6 Å². The topological polar surface area (TPSA) is 53.5 Å². The van der Waals surface area contributed by atoms with Gasteiger partial charge in [-0.3, -0.25) is 4.79 Å². The first-order chi connectivity index (χ1) is 11.4. The molecule has 0 atom stereocenters. The summed E-state index contributed by atoms with van der Waals surface area (Å²) >= 11 is 2.14. The first-order valence-electron chi connectivity index (χ1n) is 6.84. The summed E-state index contributed by atoms with van der Waals surface area (Å²) in [7, 11) is 0. The van der Waals surface area contributed by atoms with Gasteiger partial charge < -0.3 is 5.32 Å². The van der Waals surface area contributed by atoms with E-state index in [4.69, 9.17) is 0 Å². The van der Waals surface area contributed by atoms with Crippen LogP contribution in [0.4, 0.5) is 18.9 Å². The van der Waals surface area contributed by atoms with Crippen LogP contribution in [0, 0.1) is 3.57 Å². The second-order valence-electron chi connectivity index (χ2n) is 4.75. The Bertz CT molecular complexity index is 747. The van der Waals surface area contributed by atoms with Gasteiger partial charge in [0.1, 0.15) is 0 Å². The van der Waals surface area contributed by atoms with Crippen molar-refractivity contribution >= 4 is 40.4 Å². The standard InChI is InChI=1S/C16H13F3IN3O/c17-16(18,19)12-5-3-6-13(8-12)21-10-15(24)23-22-9-11-4-1-2-7-14(11)20/h1-9,21H,10H2,(H,23,24)/b22-9-. The fraction of sp³-hybridized carbons (Fsp3) is 0.125. The van der Waals surface area contributed by atoms with Crippen LogP contribution in [0.1, 0.15) is 11.1 Å². The summed E-state index contributed by atoms with van der Waals surface area (Å²) in [5.41, 5.74) is 2.60. The van der Waals surface area contributed by atoms with Crippen molar-refractivity contribution in [1.29, 1.82) is 0 Å². The fourth-order valence-corrected chi connectivity index (χ4v) is 2.31. The molecule has 0 heterocycles. The molecule has 0 aliphatic heterocycles. The largest absolute Gasteiger partial charge is 0.416 e. The number of benzene rings is 2. The van der Waals surface area contributed by atoms with E-state index >= 15 is 0 Å². The van der Waals surface area contributed by atoms with Crippen LogP contribution < -0.4 is 10.7 Å². The molecule has 126 valence electrons. The molecule has 8 heteroatoms. The lowest BCUT2D eigenvalue weighted by atomic mass is 10.2. The highest BCUT2D eigenvalue weighted by Crippen LogP contribution is 2.30. The van der Waals surface area contributed by atoms with Gasteiger partial charge in [-0.15, -0.1) is 0 Å². The molecular weight excluding hydrogens is 434 g/mol. The Kier molecular flexibility index (Phi) is 6.18. The minimum absolute atomic E-state index is 0.190. The van der Waals surface area contributed by atoms with Crippen LogP contribution in [0.25, 0.3) is 0 Å². The van der Waals surface area contributed by atoms with Crippen LogP contribution >= 0.6 is 22.6 Å². The molecule has 0 unspecified atom stereocenters. The van der Waals surface area contributed by atoms with E-state index in [-0.39, 0.29) is 12.2 Å². The number of amides is 1. The van der Waals surface area contributed by atoms with E-state index in [1.807, 2.05) is 24.3 Å². The Hall–Kier alpha value is -2.10. The molecule has 0 aliphatic carbocycles. The van der Waals surface area contributed by atoms with E-state index in [0.717, 1.165) is 21.3 Å². The Labute approximate surface area is 150 Å². The summed E-state index contributed by atoms with van der Waals surface area (Å²) in [5, 5.41) is 6.45. The van der Waals surface area contributed by atoms with E-state index in [9.17, 15) is 18.0 Å². The Morgan fingerprint density at radius 1 is 1.17 bits per heavy atom. The lowest BCUT2D eigenvalue weighted by Gasteiger charge is -2.10. The highest BCUT2D eigenvalue weighted by Gasteiger charge is 2.30. The van der Waals surface area contributed by atoms with Gasteiger partial charge in [0.25, 0.3) is 5.91 Å². The number of nitrogens with one attached hydrogen (secondary N) is 2. The van der Waals surface area contributed by atoms with Gasteiger partial charge in [0.05, 0.1) is 18.3 Å². The minimum Gasteiger partial charge on any atom is -0.376 e. The Morgan fingerprint density at radius 3 is 2.62 bits per heavy atom. The summed E-state index contributed by atoms with van der Waals surface area (Å²) in [6, 6.07) is 12.1. The first kappa shape index (κ1) is 18.2. The van der Waals surface area contributed by atoms with Crippen molar-refractivity contribution in [3.8, 4) is 0 Å². The smallest absolute Gasteiger partial charge is 0.376 e. The summed E-state index contributed by atoms with van der Waals surface area (Å²) in [4.78, 5) is 11.7. The molecule has 0 saturated heterocycles. The second kappa shape index (κ2) is 8.13. The van der Waals surface area contributed by atoms with Gasteiger partial charge in [0, 0.05) is 14.8 Å². The predicted octanol–water partition coefficient (Wildman–Crippen LogP) is 3.87. The average Bonchev–Trinajstić information content (AvgIpc) is 2.54. The molecule has 0 radical (unpaired) electrons. The zero-order chi connectivity index (χ0) is 17.6. The van der Waals surface area contributed by atoms with E-state index in [2.05, 4.69) is 38.4 Å². The number of nitrogens with zero attached hydrogens (tertiary/aromatic N) is 1. The number of anilines is 1. The van der Waals surface area contributed by atoms with Crippen molar-refractivity contribution in [2.45, 2.75) is 6.18 Å². The molecule has 0 bridgehead atoms. The predicted molar refractivity (Wildman–Crippen MR) is 94.8 cm³/mol. The molecule has 0 aliphatic rings. The van der Waals surface area contributed by atoms with Crippen molar-refractivity contribution in [2.24, 2.45) is 5.10 Å². The second-order valence-corrected chi connectivity index (χ2v) is 5.91. The molecule has 2 N–H and O–H groups in total. The maximum Gasteiger partial charge on any atom is 0.416 e. The summed E-state index contributed by atoms with van der Waals surface area (Å²) in [6.45, 7) is -0.190. The Balaban J connectivity index is 1.87. The zero-order valence-electron chi connectivity index (χ0n) is 12.3. The van der Waals surface area contributed by atoms with Gasteiger partial charge >= 0.3 is 6.18 Å². The van der Waals surface area contributed by atoms with Crippen molar-refractivity contribution in [3.63, 3.8) is 0 Å². The molecular formula is C16H13F3IN3O. The number of hydrazone groups is 1. The van der Waals surface area contributed by atoms with Crippen molar-refractivity contribution in [2.75, 3.05) is 11.9 Å². The number of alkyl halides is 3. The van der Waals surface area contributed by atoms with Crippen LogP contribution in [0.15, 0.2) is 53.6 Å². The highest BCUT2D eigenvalue weighted by molar-refractivity contribution is 14.1. The highest BCUT2D eigenvalue weighted by atomic mass is 127. The molecule has 0 fully saturated rings. The zero-order valence-corrected chi connectivity index (χ0v) is 14.4. The van der Waals surface area contributed by atoms with Gasteiger partial charge in [0.2, 0.25) is 0 Å². The Morgan fingerprint density at radius 2 is 1.92 bits per heavy atom. The van der Waals surface area contributed by atoms with Crippen molar-refractivity contribution < 1.29 is 18.0 Å².